The van der Waals surface area contributed by atoms with E-state index in [-0.39, 0.29) is 10.8 Å². The molecule has 1 aromatic carbocycles. The van der Waals surface area contributed by atoms with Crippen LogP contribution in [0.15, 0.2) is 24.3 Å². The number of carbonyl (C=O) groups is 1. The maximum atomic E-state index is 11.3. The maximum absolute atomic E-state index is 11.3. The summed E-state index contributed by atoms with van der Waals surface area (Å²) in [5.41, 5.74) is 4.85. The number of carboxylic acids is 1. The van der Waals surface area contributed by atoms with Gasteiger partial charge in [0.1, 0.15) is 0 Å². The molecule has 4 heteroatoms. The quantitative estimate of drug-likeness (QED) is 0.614. The Labute approximate surface area is 172 Å². The molecule has 0 bridgehead atoms. The van der Waals surface area contributed by atoms with E-state index >= 15 is 0 Å². The van der Waals surface area contributed by atoms with Crippen LogP contribution in [-0.4, -0.2) is 17.6 Å². The first kappa shape index (κ1) is 19.5. The van der Waals surface area contributed by atoms with Crippen LogP contribution in [0.3, 0.4) is 0 Å². The summed E-state index contributed by atoms with van der Waals surface area (Å²) in [6.45, 7) is 12.9. The van der Waals surface area contributed by atoms with Crippen LogP contribution in [0.1, 0.15) is 79.7 Å². The topological polar surface area (TPSA) is 40.5 Å². The molecule has 0 saturated heterocycles. The van der Waals surface area contributed by atoms with Gasteiger partial charge in [0.05, 0.1) is 10.6 Å². The van der Waals surface area contributed by atoms with E-state index in [4.69, 9.17) is 0 Å². The molecule has 1 N–H and O–H groups in total. The third-order valence-electron chi connectivity index (χ3n) is 6.60. The van der Waals surface area contributed by atoms with Crippen LogP contribution < -0.4 is 4.90 Å². The number of hydrogen-bond donors (Lipinski definition) is 1. The molecule has 3 nitrogen and oxygen atoms in total. The van der Waals surface area contributed by atoms with Crippen molar-refractivity contribution in [2.45, 2.75) is 71.1 Å². The van der Waals surface area contributed by atoms with Gasteiger partial charge in [-0.2, -0.15) is 0 Å². The molecule has 28 heavy (non-hydrogen) atoms. The van der Waals surface area contributed by atoms with Gasteiger partial charge < -0.3 is 10.0 Å². The van der Waals surface area contributed by atoms with E-state index in [9.17, 15) is 9.90 Å². The zero-order chi connectivity index (χ0) is 20.3. The second-order valence-corrected chi connectivity index (χ2v) is 10.9. The van der Waals surface area contributed by atoms with Crippen LogP contribution in [0, 0.1) is 12.8 Å². The summed E-state index contributed by atoms with van der Waals surface area (Å²) in [6, 6.07) is 7.41. The zero-order valence-corrected chi connectivity index (χ0v) is 18.4. The number of nitrogens with zero attached hydrogens (tertiary/aromatic N) is 1. The van der Waals surface area contributed by atoms with Gasteiger partial charge in [-0.05, 0) is 84.7 Å². The van der Waals surface area contributed by atoms with Gasteiger partial charge in [-0.1, -0.05) is 27.7 Å². The van der Waals surface area contributed by atoms with Crippen LogP contribution in [0.25, 0.3) is 0 Å². The van der Waals surface area contributed by atoms with Crippen molar-refractivity contribution in [1.82, 2.24) is 0 Å². The van der Waals surface area contributed by atoms with E-state index in [0.717, 1.165) is 18.2 Å². The van der Waals surface area contributed by atoms with Crippen molar-refractivity contribution < 1.29 is 9.90 Å². The highest BCUT2D eigenvalue weighted by atomic mass is 32.1. The molecular weight excluding hydrogens is 366 g/mol. The lowest BCUT2D eigenvalue weighted by Gasteiger charge is -2.39. The average molecular weight is 398 g/mol. The molecule has 1 heterocycles. The van der Waals surface area contributed by atoms with Crippen LogP contribution >= 0.6 is 11.3 Å². The third-order valence-corrected chi connectivity index (χ3v) is 8.28. The Morgan fingerprint density at radius 1 is 1.11 bits per heavy atom. The van der Waals surface area contributed by atoms with Crippen molar-refractivity contribution in [3.8, 4) is 0 Å². The van der Waals surface area contributed by atoms with Crippen molar-refractivity contribution >= 4 is 28.0 Å². The Kier molecular flexibility index (Phi) is 4.61. The fraction of sp³-hybridized carbons (Fsp3) is 0.542. The Morgan fingerprint density at radius 2 is 1.71 bits per heavy atom. The highest BCUT2D eigenvalue weighted by molar-refractivity contribution is 7.16. The summed E-state index contributed by atoms with van der Waals surface area (Å²) < 4.78 is 0. The average Bonchev–Trinajstić information content (AvgIpc) is 3.38. The van der Waals surface area contributed by atoms with Crippen molar-refractivity contribution in [2.24, 2.45) is 5.92 Å². The van der Waals surface area contributed by atoms with Crippen molar-refractivity contribution in [3.05, 3.63) is 45.8 Å². The van der Waals surface area contributed by atoms with Gasteiger partial charge in [-0.3, -0.25) is 0 Å². The van der Waals surface area contributed by atoms with E-state index in [0.29, 0.717) is 5.56 Å². The second kappa shape index (κ2) is 6.62. The molecule has 150 valence electrons. The highest BCUT2D eigenvalue weighted by Crippen LogP contribution is 2.54. The molecule has 2 aliphatic carbocycles. The smallest absolute Gasteiger partial charge is 0.335 e. The summed E-state index contributed by atoms with van der Waals surface area (Å²) in [6.07, 6.45) is 5.04. The van der Waals surface area contributed by atoms with Crippen molar-refractivity contribution in [3.63, 3.8) is 0 Å². The molecule has 1 fully saturated rings. The number of thiophene rings is 1. The van der Waals surface area contributed by atoms with Gasteiger partial charge in [-0.25, -0.2) is 4.79 Å². The predicted molar refractivity (Wildman–Crippen MR) is 117 cm³/mol. The molecule has 2 aliphatic rings. The fourth-order valence-electron chi connectivity index (χ4n) is 4.56. The van der Waals surface area contributed by atoms with E-state index < -0.39 is 5.97 Å². The predicted octanol–water partition coefficient (Wildman–Crippen LogP) is 6.65. The largest absolute Gasteiger partial charge is 0.478 e. The van der Waals surface area contributed by atoms with Gasteiger partial charge in [0.2, 0.25) is 0 Å². The lowest BCUT2D eigenvalue weighted by Crippen LogP contribution is -2.32. The number of aromatic carboxylic acids is 1. The first-order valence-corrected chi connectivity index (χ1v) is 11.2. The number of anilines is 2. The van der Waals surface area contributed by atoms with Gasteiger partial charge in [-0.15, -0.1) is 11.3 Å². The molecule has 0 unspecified atom stereocenters. The standard InChI is InChI=1S/C24H31NO2S/c1-15-19-20(24(4,5)13-12-23(19,2)3)28-21(15)25(14-16-6-7-16)18-10-8-17(9-11-18)22(26)27/h8-11,16H,6-7,12-14H2,1-5H3,(H,26,27). The monoisotopic (exact) mass is 397 g/mol. The number of hydrogen-bond acceptors (Lipinski definition) is 3. The van der Waals surface area contributed by atoms with E-state index in [1.807, 2.05) is 23.5 Å². The number of benzene rings is 1. The summed E-state index contributed by atoms with van der Waals surface area (Å²) in [5.74, 6) is -0.120. The molecule has 0 aliphatic heterocycles. The summed E-state index contributed by atoms with van der Waals surface area (Å²) >= 11 is 1.96. The van der Waals surface area contributed by atoms with Gasteiger partial charge in [0.25, 0.3) is 0 Å². The maximum Gasteiger partial charge on any atom is 0.335 e. The summed E-state index contributed by atoms with van der Waals surface area (Å²) in [5, 5.41) is 10.6. The van der Waals surface area contributed by atoms with Crippen molar-refractivity contribution in [1.29, 1.82) is 0 Å². The van der Waals surface area contributed by atoms with Crippen LogP contribution in [-0.2, 0) is 10.8 Å². The van der Waals surface area contributed by atoms with Gasteiger partial charge in [0, 0.05) is 17.1 Å². The summed E-state index contributed by atoms with van der Waals surface area (Å²) in [4.78, 5) is 15.3. The molecule has 4 rings (SSSR count). The zero-order valence-electron chi connectivity index (χ0n) is 17.6. The molecule has 2 aromatic rings. The molecule has 0 atom stereocenters. The molecule has 1 aromatic heterocycles. The van der Waals surface area contributed by atoms with Crippen molar-refractivity contribution in [2.75, 3.05) is 11.4 Å². The van der Waals surface area contributed by atoms with Crippen LogP contribution in [0.2, 0.25) is 0 Å². The minimum Gasteiger partial charge on any atom is -0.478 e. The lowest BCUT2D eigenvalue weighted by molar-refractivity contribution is 0.0697. The minimum atomic E-state index is -0.869. The number of carboxylic acid groups (broad SMARTS) is 1. The Bertz CT molecular complexity index is 903. The summed E-state index contributed by atoms with van der Waals surface area (Å²) in [7, 11) is 0. The van der Waals surface area contributed by atoms with Gasteiger partial charge in [0.15, 0.2) is 0 Å². The Hall–Kier alpha value is -1.81. The molecule has 1 saturated carbocycles. The number of rotatable bonds is 5. The van der Waals surface area contributed by atoms with Crippen LogP contribution in [0.4, 0.5) is 10.7 Å². The molecular formula is C24H31NO2S. The first-order valence-electron chi connectivity index (χ1n) is 10.4. The van der Waals surface area contributed by atoms with Gasteiger partial charge >= 0.3 is 5.97 Å². The van der Waals surface area contributed by atoms with E-state index in [1.54, 1.807) is 22.6 Å². The molecule has 0 amide bonds. The molecule has 0 radical (unpaired) electrons. The second-order valence-electron chi connectivity index (χ2n) is 9.91. The highest BCUT2D eigenvalue weighted by Gasteiger charge is 2.41. The van der Waals surface area contributed by atoms with Crippen LogP contribution in [0.5, 0.6) is 0 Å². The third kappa shape index (κ3) is 3.36. The Morgan fingerprint density at radius 3 is 2.25 bits per heavy atom. The fourth-order valence-corrected chi connectivity index (χ4v) is 6.21. The lowest BCUT2D eigenvalue weighted by atomic mass is 9.66. The van der Waals surface area contributed by atoms with E-state index in [1.165, 1.54) is 36.2 Å². The normalized spacial score (nSPS) is 19.9. The first-order chi connectivity index (χ1) is 13.1. The Balaban J connectivity index is 1.81. The number of fused-ring (bicyclic) bond motifs is 1. The molecule has 0 spiro atoms. The SMILES string of the molecule is Cc1c(N(CC2CC2)c2ccc(C(=O)O)cc2)sc2c1C(C)(C)CCC2(C)C. The van der Waals surface area contributed by atoms with E-state index in [2.05, 4.69) is 39.5 Å². The minimum absolute atomic E-state index is 0.210.